The summed E-state index contributed by atoms with van der Waals surface area (Å²) >= 11 is 0. The molecule has 0 aliphatic heterocycles. The SMILES string of the molecule is CCC(C)[C@H](NC(=O)CC(C)C)C(N)=O. The van der Waals surface area contributed by atoms with E-state index in [-0.39, 0.29) is 17.7 Å². The Balaban J connectivity index is 4.29. The van der Waals surface area contributed by atoms with Crippen LogP contribution in [0.2, 0.25) is 0 Å². The summed E-state index contributed by atoms with van der Waals surface area (Å²) in [6.45, 7) is 7.80. The first kappa shape index (κ1) is 13.9. The third-order valence-corrected chi connectivity index (χ3v) is 2.43. The van der Waals surface area contributed by atoms with Crippen molar-refractivity contribution in [2.24, 2.45) is 17.6 Å². The fourth-order valence-electron chi connectivity index (χ4n) is 1.33. The van der Waals surface area contributed by atoms with Crippen molar-refractivity contribution < 1.29 is 9.59 Å². The van der Waals surface area contributed by atoms with E-state index in [0.717, 1.165) is 6.42 Å². The number of rotatable bonds is 6. The van der Waals surface area contributed by atoms with E-state index in [1.54, 1.807) is 0 Å². The second-order valence-corrected chi connectivity index (χ2v) is 4.43. The zero-order valence-electron chi connectivity index (χ0n) is 10.0. The lowest BCUT2D eigenvalue weighted by atomic mass is 9.98. The van der Waals surface area contributed by atoms with E-state index in [9.17, 15) is 9.59 Å². The van der Waals surface area contributed by atoms with Crippen LogP contribution in [0.1, 0.15) is 40.5 Å². The monoisotopic (exact) mass is 214 g/mol. The first-order chi connectivity index (χ1) is 6.88. The van der Waals surface area contributed by atoms with Crippen molar-refractivity contribution in [1.29, 1.82) is 0 Å². The Labute approximate surface area is 91.6 Å². The maximum Gasteiger partial charge on any atom is 0.240 e. The molecule has 4 nitrogen and oxygen atoms in total. The average molecular weight is 214 g/mol. The number of nitrogens with one attached hydrogen (secondary N) is 1. The molecule has 88 valence electrons. The van der Waals surface area contributed by atoms with Crippen LogP contribution in [0.4, 0.5) is 0 Å². The van der Waals surface area contributed by atoms with Gasteiger partial charge in [-0.1, -0.05) is 34.1 Å². The maximum absolute atomic E-state index is 11.5. The van der Waals surface area contributed by atoms with Crippen molar-refractivity contribution in [2.45, 2.75) is 46.6 Å². The molecular formula is C11H22N2O2. The van der Waals surface area contributed by atoms with Crippen LogP contribution in [0.3, 0.4) is 0 Å². The smallest absolute Gasteiger partial charge is 0.240 e. The average Bonchev–Trinajstić information content (AvgIpc) is 2.11. The van der Waals surface area contributed by atoms with Crippen LogP contribution >= 0.6 is 0 Å². The fourth-order valence-corrected chi connectivity index (χ4v) is 1.33. The Morgan fingerprint density at radius 3 is 2.13 bits per heavy atom. The van der Waals surface area contributed by atoms with Gasteiger partial charge in [0, 0.05) is 6.42 Å². The van der Waals surface area contributed by atoms with Crippen molar-refractivity contribution in [2.75, 3.05) is 0 Å². The summed E-state index contributed by atoms with van der Waals surface area (Å²) in [5, 5.41) is 2.68. The van der Waals surface area contributed by atoms with E-state index in [1.807, 2.05) is 27.7 Å². The van der Waals surface area contributed by atoms with Gasteiger partial charge in [-0.25, -0.2) is 0 Å². The van der Waals surface area contributed by atoms with Gasteiger partial charge in [0.2, 0.25) is 11.8 Å². The Hall–Kier alpha value is -1.06. The van der Waals surface area contributed by atoms with Crippen LogP contribution in [-0.2, 0) is 9.59 Å². The fraction of sp³-hybridized carbons (Fsp3) is 0.818. The lowest BCUT2D eigenvalue weighted by molar-refractivity contribution is -0.128. The van der Waals surface area contributed by atoms with Crippen LogP contribution in [-0.4, -0.2) is 17.9 Å². The summed E-state index contributed by atoms with van der Waals surface area (Å²) in [4.78, 5) is 22.6. The van der Waals surface area contributed by atoms with Crippen molar-refractivity contribution in [1.82, 2.24) is 5.32 Å². The Kier molecular flexibility index (Phi) is 5.97. The first-order valence-electron chi connectivity index (χ1n) is 5.47. The maximum atomic E-state index is 11.5. The number of carbonyl (C=O) groups excluding carboxylic acids is 2. The topological polar surface area (TPSA) is 72.2 Å². The van der Waals surface area contributed by atoms with Gasteiger partial charge >= 0.3 is 0 Å². The van der Waals surface area contributed by atoms with Gasteiger partial charge in [-0.2, -0.15) is 0 Å². The van der Waals surface area contributed by atoms with Gasteiger partial charge < -0.3 is 11.1 Å². The molecule has 0 aromatic carbocycles. The molecule has 0 bridgehead atoms. The summed E-state index contributed by atoms with van der Waals surface area (Å²) in [6.07, 6.45) is 1.25. The minimum Gasteiger partial charge on any atom is -0.368 e. The normalized spacial score (nSPS) is 14.7. The van der Waals surface area contributed by atoms with E-state index in [2.05, 4.69) is 5.32 Å². The van der Waals surface area contributed by atoms with E-state index >= 15 is 0 Å². The molecule has 2 amide bonds. The van der Waals surface area contributed by atoms with E-state index < -0.39 is 11.9 Å². The Morgan fingerprint density at radius 1 is 1.27 bits per heavy atom. The minimum atomic E-state index is -0.541. The molecule has 0 heterocycles. The summed E-state index contributed by atoms with van der Waals surface area (Å²) in [5.74, 6) is -0.190. The van der Waals surface area contributed by atoms with Crippen LogP contribution < -0.4 is 11.1 Å². The lowest BCUT2D eigenvalue weighted by Gasteiger charge is -2.21. The minimum absolute atomic E-state index is 0.0820. The predicted octanol–water partition coefficient (Wildman–Crippen LogP) is 1.05. The van der Waals surface area contributed by atoms with Crippen molar-refractivity contribution in [3.63, 3.8) is 0 Å². The standard InChI is InChI=1S/C11H22N2O2/c1-5-8(4)10(11(12)15)13-9(14)6-7(2)3/h7-8,10H,5-6H2,1-4H3,(H2,12,15)(H,13,14)/t8?,10-/m0/s1. The van der Waals surface area contributed by atoms with E-state index in [1.165, 1.54) is 0 Å². The third-order valence-electron chi connectivity index (χ3n) is 2.43. The first-order valence-corrected chi connectivity index (χ1v) is 5.47. The molecule has 2 atom stereocenters. The van der Waals surface area contributed by atoms with E-state index in [4.69, 9.17) is 5.73 Å². The number of hydrogen-bond acceptors (Lipinski definition) is 2. The lowest BCUT2D eigenvalue weighted by Crippen LogP contribution is -2.48. The predicted molar refractivity (Wildman–Crippen MR) is 60.0 cm³/mol. The van der Waals surface area contributed by atoms with Crippen LogP contribution in [0.5, 0.6) is 0 Å². The summed E-state index contributed by atoms with van der Waals surface area (Å²) in [5.41, 5.74) is 5.24. The molecule has 0 spiro atoms. The van der Waals surface area contributed by atoms with Gasteiger partial charge in [0.05, 0.1) is 0 Å². The molecule has 0 fully saturated rings. The molecule has 0 aromatic rings. The molecule has 0 aromatic heterocycles. The van der Waals surface area contributed by atoms with Gasteiger partial charge in [-0.05, 0) is 11.8 Å². The van der Waals surface area contributed by atoms with E-state index in [0.29, 0.717) is 6.42 Å². The number of amides is 2. The zero-order chi connectivity index (χ0) is 12.0. The third kappa shape index (κ3) is 5.40. The number of nitrogens with two attached hydrogens (primary N) is 1. The van der Waals surface area contributed by atoms with Gasteiger partial charge in [-0.15, -0.1) is 0 Å². The van der Waals surface area contributed by atoms with Gasteiger partial charge in [0.15, 0.2) is 0 Å². The highest BCUT2D eigenvalue weighted by Gasteiger charge is 2.23. The van der Waals surface area contributed by atoms with Crippen molar-refractivity contribution >= 4 is 11.8 Å². The summed E-state index contributed by atoms with van der Waals surface area (Å²) in [6, 6.07) is -0.541. The molecule has 0 saturated heterocycles. The van der Waals surface area contributed by atoms with Crippen LogP contribution in [0.25, 0.3) is 0 Å². The molecule has 0 aliphatic carbocycles. The molecule has 4 heteroatoms. The highest BCUT2D eigenvalue weighted by atomic mass is 16.2. The molecular weight excluding hydrogens is 192 g/mol. The largest absolute Gasteiger partial charge is 0.368 e. The van der Waals surface area contributed by atoms with Gasteiger partial charge in [0.25, 0.3) is 0 Å². The Morgan fingerprint density at radius 2 is 1.80 bits per heavy atom. The van der Waals surface area contributed by atoms with Gasteiger partial charge in [0.1, 0.15) is 6.04 Å². The number of carbonyl (C=O) groups is 2. The highest BCUT2D eigenvalue weighted by Crippen LogP contribution is 2.08. The molecule has 3 N–H and O–H groups in total. The zero-order valence-corrected chi connectivity index (χ0v) is 10.0. The molecule has 1 unspecified atom stereocenters. The van der Waals surface area contributed by atoms with Gasteiger partial charge in [-0.3, -0.25) is 9.59 Å². The molecule has 0 saturated carbocycles. The van der Waals surface area contributed by atoms with Crippen LogP contribution in [0.15, 0.2) is 0 Å². The number of hydrogen-bond donors (Lipinski definition) is 2. The summed E-state index contributed by atoms with van der Waals surface area (Å²) < 4.78 is 0. The molecule has 0 rings (SSSR count). The quantitative estimate of drug-likeness (QED) is 0.693. The van der Waals surface area contributed by atoms with Crippen molar-refractivity contribution in [3.05, 3.63) is 0 Å². The molecule has 0 radical (unpaired) electrons. The second kappa shape index (κ2) is 6.43. The molecule has 0 aliphatic rings. The summed E-state index contributed by atoms with van der Waals surface area (Å²) in [7, 11) is 0. The second-order valence-electron chi connectivity index (χ2n) is 4.43. The van der Waals surface area contributed by atoms with Crippen molar-refractivity contribution in [3.8, 4) is 0 Å². The molecule has 15 heavy (non-hydrogen) atoms. The highest BCUT2D eigenvalue weighted by molar-refractivity contribution is 5.86. The van der Waals surface area contributed by atoms with Crippen LogP contribution in [0, 0.1) is 11.8 Å². The number of primary amides is 1. The Bertz CT molecular complexity index is 227.